The Kier molecular flexibility index (Phi) is 4.99. The predicted octanol–water partition coefficient (Wildman–Crippen LogP) is 0.731. The molecule has 0 spiro atoms. The van der Waals surface area contributed by atoms with Crippen molar-refractivity contribution in [2.75, 3.05) is 0 Å². The summed E-state index contributed by atoms with van der Waals surface area (Å²) in [6, 6.07) is 0. The third kappa shape index (κ3) is 4.35. The Labute approximate surface area is 117 Å². The molecule has 0 aromatic carbocycles. The van der Waals surface area contributed by atoms with E-state index in [1.807, 2.05) is 6.92 Å². The first-order valence-corrected chi connectivity index (χ1v) is 8.53. The lowest BCUT2D eigenvalue weighted by molar-refractivity contribution is 0.174. The van der Waals surface area contributed by atoms with Gasteiger partial charge in [0.2, 0.25) is 5.44 Å². The second kappa shape index (κ2) is 5.97. The maximum Gasteiger partial charge on any atom is 0.304 e. The summed E-state index contributed by atoms with van der Waals surface area (Å²) < 4.78 is 67.1. The van der Waals surface area contributed by atoms with Crippen molar-refractivity contribution in [1.29, 1.82) is 0 Å². The Morgan fingerprint density at radius 1 is 1.40 bits per heavy atom. The molecule has 0 amide bonds. The second-order valence-corrected chi connectivity index (χ2v) is 7.26. The third-order valence-electron chi connectivity index (χ3n) is 2.57. The van der Waals surface area contributed by atoms with Gasteiger partial charge in [-0.2, -0.15) is 16.8 Å². The van der Waals surface area contributed by atoms with Crippen LogP contribution >= 0.6 is 0 Å². The summed E-state index contributed by atoms with van der Waals surface area (Å²) in [6.07, 6.45) is 1.18. The zero-order valence-corrected chi connectivity index (χ0v) is 12.2. The molecule has 20 heavy (non-hydrogen) atoms. The molecule has 0 aliphatic carbocycles. The summed E-state index contributed by atoms with van der Waals surface area (Å²) in [6.45, 7) is 5.47. The Bertz CT molecular complexity index is 689. The molecule has 0 saturated heterocycles. The number of rotatable bonds is 3. The van der Waals surface area contributed by atoms with Gasteiger partial charge in [-0.25, -0.2) is 0 Å². The molecule has 1 aliphatic rings. The Hall–Kier alpha value is -1.34. The fourth-order valence-electron chi connectivity index (χ4n) is 1.44. The SMILES string of the molecule is C=C(C#CC1=CO[C@H](S(=O)(=O)O)[C@H](S(=O)(=O)O)C1)CC. The van der Waals surface area contributed by atoms with Gasteiger partial charge in [0, 0.05) is 12.0 Å². The van der Waals surface area contributed by atoms with Gasteiger partial charge in [0.15, 0.2) is 0 Å². The van der Waals surface area contributed by atoms with Gasteiger partial charge in [-0.1, -0.05) is 25.3 Å². The molecule has 9 heteroatoms. The van der Waals surface area contributed by atoms with Crippen LogP contribution in [0.2, 0.25) is 0 Å². The molecule has 0 aromatic heterocycles. The van der Waals surface area contributed by atoms with Crippen molar-refractivity contribution in [3.8, 4) is 11.8 Å². The van der Waals surface area contributed by atoms with Crippen molar-refractivity contribution in [3.05, 3.63) is 24.0 Å². The van der Waals surface area contributed by atoms with E-state index in [1.54, 1.807) is 0 Å². The number of hydrogen-bond acceptors (Lipinski definition) is 5. The summed E-state index contributed by atoms with van der Waals surface area (Å²) in [4.78, 5) is 0. The van der Waals surface area contributed by atoms with Crippen LogP contribution in [0.25, 0.3) is 0 Å². The van der Waals surface area contributed by atoms with Crippen molar-refractivity contribution in [2.24, 2.45) is 0 Å². The molecule has 1 aliphatic heterocycles. The van der Waals surface area contributed by atoms with E-state index in [0.717, 1.165) is 6.26 Å². The van der Waals surface area contributed by atoms with Gasteiger partial charge < -0.3 is 4.74 Å². The molecular weight excluding hydrogens is 308 g/mol. The zero-order chi connectivity index (χ0) is 15.6. The highest BCUT2D eigenvalue weighted by atomic mass is 32.2. The van der Waals surface area contributed by atoms with Crippen LogP contribution < -0.4 is 0 Å². The minimum absolute atomic E-state index is 0.183. The van der Waals surface area contributed by atoms with E-state index >= 15 is 0 Å². The smallest absolute Gasteiger partial charge is 0.304 e. The van der Waals surface area contributed by atoms with Crippen LogP contribution in [0.15, 0.2) is 24.0 Å². The highest BCUT2D eigenvalue weighted by molar-refractivity contribution is 7.90. The molecule has 0 saturated carbocycles. The maximum atomic E-state index is 11.2. The number of hydrogen-bond donors (Lipinski definition) is 2. The van der Waals surface area contributed by atoms with Crippen LogP contribution in [-0.4, -0.2) is 36.6 Å². The van der Waals surface area contributed by atoms with Gasteiger partial charge in [0.05, 0.1) is 6.26 Å². The Morgan fingerprint density at radius 2 is 2.00 bits per heavy atom. The van der Waals surface area contributed by atoms with E-state index in [0.29, 0.717) is 12.0 Å². The zero-order valence-electron chi connectivity index (χ0n) is 10.6. The van der Waals surface area contributed by atoms with Crippen LogP contribution in [0.5, 0.6) is 0 Å². The third-order valence-corrected chi connectivity index (χ3v) is 4.95. The number of ether oxygens (including phenoxy) is 1. The summed E-state index contributed by atoms with van der Waals surface area (Å²) in [7, 11) is -9.52. The highest BCUT2D eigenvalue weighted by Crippen LogP contribution is 2.26. The van der Waals surface area contributed by atoms with Crippen molar-refractivity contribution < 1.29 is 30.7 Å². The van der Waals surface area contributed by atoms with Crippen molar-refractivity contribution in [1.82, 2.24) is 0 Å². The minimum Gasteiger partial charge on any atom is -0.477 e. The van der Waals surface area contributed by atoms with Crippen molar-refractivity contribution in [2.45, 2.75) is 30.5 Å². The first-order valence-electron chi connectivity index (χ1n) is 5.52. The highest BCUT2D eigenvalue weighted by Gasteiger charge is 2.44. The molecule has 0 radical (unpaired) electrons. The summed E-state index contributed by atoms with van der Waals surface area (Å²) in [5.74, 6) is 5.23. The van der Waals surface area contributed by atoms with Gasteiger partial charge in [-0.15, -0.1) is 0 Å². The first kappa shape index (κ1) is 16.7. The van der Waals surface area contributed by atoms with Crippen molar-refractivity contribution in [3.63, 3.8) is 0 Å². The molecule has 112 valence electrons. The van der Waals surface area contributed by atoms with Gasteiger partial charge in [-0.3, -0.25) is 9.11 Å². The standard InChI is InChI=1S/C11H14O7S2/c1-3-8(2)4-5-9-6-10(19(12,13)14)11(18-7-9)20(15,16)17/h7,10-11H,2-3,6H2,1H3,(H,12,13,14)(H,15,16,17)/t10-,11-/m1/s1. The molecular formula is C11H14O7S2. The lowest BCUT2D eigenvalue weighted by Gasteiger charge is -2.25. The van der Waals surface area contributed by atoms with Crippen molar-refractivity contribution >= 4 is 20.2 Å². The molecule has 1 rings (SSSR count). The van der Waals surface area contributed by atoms with E-state index in [-0.39, 0.29) is 12.0 Å². The normalized spacial score (nSPS) is 23.1. The second-order valence-electron chi connectivity index (χ2n) is 4.13. The van der Waals surface area contributed by atoms with Crippen LogP contribution in [0.4, 0.5) is 0 Å². The largest absolute Gasteiger partial charge is 0.477 e. The van der Waals surface area contributed by atoms with Gasteiger partial charge >= 0.3 is 10.1 Å². The molecule has 2 atom stereocenters. The van der Waals surface area contributed by atoms with E-state index in [9.17, 15) is 16.8 Å². The molecule has 7 nitrogen and oxygen atoms in total. The van der Waals surface area contributed by atoms with E-state index in [2.05, 4.69) is 23.2 Å². The summed E-state index contributed by atoms with van der Waals surface area (Å²) in [5, 5.41) is -1.83. The van der Waals surface area contributed by atoms with Crippen LogP contribution in [-0.2, 0) is 25.0 Å². The molecule has 1 heterocycles. The lowest BCUT2D eigenvalue weighted by atomic mass is 10.1. The summed E-state index contributed by atoms with van der Waals surface area (Å²) in [5.41, 5.74) is -1.29. The minimum atomic E-state index is -4.79. The molecule has 2 N–H and O–H groups in total. The van der Waals surface area contributed by atoms with E-state index in [4.69, 9.17) is 9.11 Å². The predicted molar refractivity (Wildman–Crippen MR) is 71.7 cm³/mol. The lowest BCUT2D eigenvalue weighted by Crippen LogP contribution is -2.42. The number of allylic oxidation sites excluding steroid dienone is 2. The molecule has 0 bridgehead atoms. The van der Waals surface area contributed by atoms with Crippen LogP contribution in [0.1, 0.15) is 19.8 Å². The quantitative estimate of drug-likeness (QED) is 0.581. The Balaban J connectivity index is 3.12. The van der Waals surface area contributed by atoms with Crippen LogP contribution in [0.3, 0.4) is 0 Å². The molecule has 0 unspecified atom stereocenters. The average molecular weight is 322 g/mol. The summed E-state index contributed by atoms with van der Waals surface area (Å²) >= 11 is 0. The molecule has 0 fully saturated rings. The Morgan fingerprint density at radius 3 is 2.45 bits per heavy atom. The van der Waals surface area contributed by atoms with Gasteiger partial charge in [0.25, 0.3) is 10.1 Å². The first-order chi connectivity index (χ1) is 9.05. The molecule has 0 aromatic rings. The average Bonchev–Trinajstić information content (AvgIpc) is 2.33. The topological polar surface area (TPSA) is 118 Å². The fraction of sp³-hybridized carbons (Fsp3) is 0.455. The maximum absolute atomic E-state index is 11.2. The van der Waals surface area contributed by atoms with Gasteiger partial charge in [0.1, 0.15) is 5.25 Å². The van der Waals surface area contributed by atoms with Gasteiger partial charge in [-0.05, 0) is 12.0 Å². The van der Waals surface area contributed by atoms with Crippen LogP contribution in [0, 0.1) is 11.8 Å². The van der Waals surface area contributed by atoms with E-state index in [1.165, 1.54) is 0 Å². The van der Waals surface area contributed by atoms with E-state index < -0.39 is 30.9 Å². The monoisotopic (exact) mass is 322 g/mol. The fourth-order valence-corrected chi connectivity index (χ4v) is 3.70.